The molecule has 0 aromatic rings. The second-order valence-corrected chi connectivity index (χ2v) is 4.80. The van der Waals surface area contributed by atoms with Crippen LogP contribution in [0.5, 0.6) is 0 Å². The maximum atomic E-state index is 8.65. The molecule has 10 heavy (non-hydrogen) atoms. The van der Waals surface area contributed by atoms with Gasteiger partial charge in [-0.3, -0.25) is 0 Å². The van der Waals surface area contributed by atoms with Gasteiger partial charge >= 0.3 is 65.8 Å². The molecular formula is C7H6N2Se. The summed E-state index contributed by atoms with van der Waals surface area (Å²) in [5.74, 6) is 0. The van der Waals surface area contributed by atoms with Crippen LogP contribution in [0.3, 0.4) is 0 Å². The van der Waals surface area contributed by atoms with Gasteiger partial charge in [-0.1, -0.05) is 0 Å². The Hall–Kier alpha value is -0.761. The molecule has 1 heterocycles. The van der Waals surface area contributed by atoms with E-state index >= 15 is 0 Å². The number of hydrogen-bond acceptors (Lipinski definition) is 2. The molecule has 0 unspecified atom stereocenters. The first-order valence-electron chi connectivity index (χ1n) is 2.94. The SMILES string of the molecule is N#CC1(C#N)CC=CC[Se]1. The first-order chi connectivity index (χ1) is 4.83. The average Bonchev–Trinajstić information content (AvgIpc) is 2.06. The standard InChI is InChI=1S/C7H6N2Se/c8-5-7(6-9)3-1-2-4-10-7/h1-2H,3-4H2. The molecule has 0 amide bonds. The van der Waals surface area contributed by atoms with E-state index in [4.69, 9.17) is 10.5 Å². The van der Waals surface area contributed by atoms with Crippen LogP contribution in [0, 0.1) is 22.7 Å². The van der Waals surface area contributed by atoms with Gasteiger partial charge in [0.15, 0.2) is 0 Å². The fourth-order valence-corrected chi connectivity index (χ4v) is 2.55. The molecule has 0 aromatic carbocycles. The molecule has 0 aliphatic carbocycles. The molecule has 0 fully saturated rings. The Morgan fingerprint density at radius 3 is 2.30 bits per heavy atom. The summed E-state index contributed by atoms with van der Waals surface area (Å²) in [6, 6.07) is 4.16. The Balaban J connectivity index is 2.80. The van der Waals surface area contributed by atoms with E-state index in [1.807, 2.05) is 12.2 Å². The van der Waals surface area contributed by atoms with Crippen LogP contribution < -0.4 is 0 Å². The third-order valence-electron chi connectivity index (χ3n) is 1.36. The number of hydrogen-bond donors (Lipinski definition) is 0. The van der Waals surface area contributed by atoms with Gasteiger partial charge in [0, 0.05) is 0 Å². The molecule has 3 heteroatoms. The predicted octanol–water partition coefficient (Wildman–Crippen LogP) is 1.27. The molecule has 0 saturated carbocycles. The van der Waals surface area contributed by atoms with Crippen LogP contribution in [0.1, 0.15) is 6.42 Å². The van der Waals surface area contributed by atoms with Crippen molar-refractivity contribution in [2.45, 2.75) is 16.1 Å². The van der Waals surface area contributed by atoms with Crippen LogP contribution in [0.4, 0.5) is 0 Å². The summed E-state index contributed by atoms with van der Waals surface area (Å²) in [5.41, 5.74) is 0. The van der Waals surface area contributed by atoms with Crippen LogP contribution in [-0.2, 0) is 0 Å². The van der Waals surface area contributed by atoms with Crippen LogP contribution in [0.2, 0.25) is 9.63 Å². The van der Waals surface area contributed by atoms with Crippen molar-refractivity contribution in [1.29, 1.82) is 10.5 Å². The van der Waals surface area contributed by atoms with Gasteiger partial charge in [0.25, 0.3) is 0 Å². The molecule has 1 aliphatic heterocycles. The third kappa shape index (κ3) is 1.21. The average molecular weight is 197 g/mol. The zero-order valence-electron chi connectivity index (χ0n) is 5.37. The van der Waals surface area contributed by atoms with Crippen molar-refractivity contribution < 1.29 is 0 Å². The van der Waals surface area contributed by atoms with Crippen LogP contribution in [0.15, 0.2) is 12.2 Å². The second kappa shape index (κ2) is 2.88. The van der Waals surface area contributed by atoms with E-state index in [1.54, 1.807) is 0 Å². The fraction of sp³-hybridized carbons (Fsp3) is 0.429. The predicted molar refractivity (Wildman–Crippen MR) is 38.2 cm³/mol. The van der Waals surface area contributed by atoms with E-state index in [2.05, 4.69) is 12.1 Å². The third-order valence-corrected chi connectivity index (χ3v) is 3.88. The summed E-state index contributed by atoms with van der Waals surface area (Å²) in [6.07, 6.45) is 4.60. The van der Waals surface area contributed by atoms with Crippen molar-refractivity contribution in [3.05, 3.63) is 12.2 Å². The van der Waals surface area contributed by atoms with E-state index in [0.717, 1.165) is 5.32 Å². The van der Waals surface area contributed by atoms with Crippen LogP contribution in [-0.4, -0.2) is 15.0 Å². The van der Waals surface area contributed by atoms with E-state index in [9.17, 15) is 0 Å². The molecule has 1 aliphatic rings. The quantitative estimate of drug-likeness (QED) is 0.433. The molecule has 2 nitrogen and oxygen atoms in total. The summed E-state index contributed by atoms with van der Waals surface area (Å²) in [6.45, 7) is 0. The number of nitriles is 2. The van der Waals surface area contributed by atoms with Crippen LogP contribution >= 0.6 is 0 Å². The van der Waals surface area contributed by atoms with E-state index in [-0.39, 0.29) is 15.0 Å². The second-order valence-electron chi connectivity index (χ2n) is 2.04. The van der Waals surface area contributed by atoms with E-state index < -0.39 is 4.31 Å². The topological polar surface area (TPSA) is 47.6 Å². The zero-order chi connectivity index (χ0) is 7.45. The van der Waals surface area contributed by atoms with Gasteiger partial charge < -0.3 is 0 Å². The summed E-state index contributed by atoms with van der Waals surface area (Å²) in [7, 11) is 0. The molecular weight excluding hydrogens is 191 g/mol. The molecule has 0 N–H and O–H groups in total. The number of allylic oxidation sites excluding steroid dienone is 2. The van der Waals surface area contributed by atoms with Crippen molar-refractivity contribution in [3.8, 4) is 12.1 Å². The maximum absolute atomic E-state index is 8.65. The van der Waals surface area contributed by atoms with E-state index in [0.29, 0.717) is 6.42 Å². The molecule has 0 atom stereocenters. The van der Waals surface area contributed by atoms with Gasteiger partial charge in [-0.15, -0.1) is 0 Å². The first kappa shape index (κ1) is 7.35. The fourth-order valence-electron chi connectivity index (χ4n) is 0.747. The Morgan fingerprint density at radius 2 is 2.00 bits per heavy atom. The van der Waals surface area contributed by atoms with Crippen molar-refractivity contribution in [3.63, 3.8) is 0 Å². The molecule has 0 radical (unpaired) electrons. The normalized spacial score (nSPS) is 21.0. The Kier molecular flexibility index (Phi) is 2.12. The molecule has 50 valence electrons. The Bertz CT molecular complexity index is 217. The monoisotopic (exact) mass is 198 g/mol. The summed E-state index contributed by atoms with van der Waals surface area (Å²) >= 11 is 0.158. The first-order valence-corrected chi connectivity index (χ1v) is 5.01. The zero-order valence-corrected chi connectivity index (χ0v) is 7.08. The number of rotatable bonds is 0. The molecule has 1 rings (SSSR count). The Morgan fingerprint density at radius 1 is 1.30 bits per heavy atom. The van der Waals surface area contributed by atoms with Gasteiger partial charge in [0.2, 0.25) is 0 Å². The van der Waals surface area contributed by atoms with Gasteiger partial charge in [0.1, 0.15) is 0 Å². The molecule has 0 spiro atoms. The molecule has 0 bridgehead atoms. The van der Waals surface area contributed by atoms with Gasteiger partial charge in [-0.25, -0.2) is 0 Å². The van der Waals surface area contributed by atoms with Gasteiger partial charge in [0.05, 0.1) is 0 Å². The molecule has 0 aromatic heterocycles. The Labute approximate surface area is 66.3 Å². The summed E-state index contributed by atoms with van der Waals surface area (Å²) in [5, 5.41) is 18.2. The summed E-state index contributed by atoms with van der Waals surface area (Å²) in [4.78, 5) is 0. The van der Waals surface area contributed by atoms with Gasteiger partial charge in [-0.2, -0.15) is 0 Å². The minimum absolute atomic E-state index is 0.158. The van der Waals surface area contributed by atoms with Crippen molar-refractivity contribution >= 4 is 15.0 Å². The molecule has 0 saturated heterocycles. The minimum atomic E-state index is -0.651. The van der Waals surface area contributed by atoms with Gasteiger partial charge in [-0.05, 0) is 0 Å². The van der Waals surface area contributed by atoms with Crippen molar-refractivity contribution in [1.82, 2.24) is 0 Å². The van der Waals surface area contributed by atoms with E-state index in [1.165, 1.54) is 0 Å². The number of nitrogens with zero attached hydrogens (tertiary/aromatic N) is 2. The van der Waals surface area contributed by atoms with Crippen molar-refractivity contribution in [2.24, 2.45) is 0 Å². The van der Waals surface area contributed by atoms with Crippen molar-refractivity contribution in [2.75, 3.05) is 0 Å². The summed E-state index contributed by atoms with van der Waals surface area (Å²) < 4.78 is -0.651. The van der Waals surface area contributed by atoms with Crippen LogP contribution in [0.25, 0.3) is 0 Å².